The molecule has 0 radical (unpaired) electrons. The van der Waals surface area contributed by atoms with Gasteiger partial charge in [0.05, 0.1) is 29.7 Å². The number of rotatable bonds is 6. The molecule has 0 aromatic carbocycles. The lowest BCUT2D eigenvalue weighted by Crippen LogP contribution is -2.25. The van der Waals surface area contributed by atoms with Crippen LogP contribution >= 0.6 is 11.6 Å². The van der Waals surface area contributed by atoms with Crippen LogP contribution in [0.1, 0.15) is 17.5 Å². The van der Waals surface area contributed by atoms with E-state index in [4.69, 9.17) is 16.0 Å². The van der Waals surface area contributed by atoms with Gasteiger partial charge in [0.25, 0.3) is 0 Å². The van der Waals surface area contributed by atoms with Gasteiger partial charge >= 0.3 is 0 Å². The zero-order chi connectivity index (χ0) is 13.8. The second kappa shape index (κ2) is 6.23. The quantitative estimate of drug-likeness (QED) is 0.880. The van der Waals surface area contributed by atoms with Gasteiger partial charge in [-0.15, -0.1) is 0 Å². The van der Waals surface area contributed by atoms with E-state index in [2.05, 4.69) is 15.3 Å². The average Bonchev–Trinajstić information content (AvgIpc) is 3.00. The van der Waals surface area contributed by atoms with Crippen molar-refractivity contribution in [3.8, 4) is 0 Å². The third-order valence-electron chi connectivity index (χ3n) is 2.98. The number of likely N-dealkylation sites (N-methyl/N-ethyl adjacent to an activating group) is 1. The standard InChI is InChI=1S/C13H19ClN4O/c1-15-12(11-5-4-8-19-11)13-10(14)9-16-18(13)7-6-17(2)3/h4-5,8-9,12,15H,6-7H2,1-3H3. The third kappa shape index (κ3) is 3.18. The molecule has 104 valence electrons. The number of hydrogen-bond acceptors (Lipinski definition) is 4. The summed E-state index contributed by atoms with van der Waals surface area (Å²) in [6, 6.07) is 3.71. The molecular formula is C13H19ClN4O. The maximum Gasteiger partial charge on any atom is 0.126 e. The third-order valence-corrected chi connectivity index (χ3v) is 3.27. The maximum atomic E-state index is 6.27. The number of nitrogens with one attached hydrogen (secondary N) is 1. The van der Waals surface area contributed by atoms with Crippen LogP contribution in [0.4, 0.5) is 0 Å². The first-order valence-corrected chi connectivity index (χ1v) is 6.58. The lowest BCUT2D eigenvalue weighted by Gasteiger charge is -2.18. The minimum atomic E-state index is -0.0906. The van der Waals surface area contributed by atoms with Gasteiger partial charge in [-0.05, 0) is 33.3 Å². The normalized spacial score (nSPS) is 13.1. The lowest BCUT2D eigenvalue weighted by molar-refractivity contribution is 0.362. The van der Waals surface area contributed by atoms with Crippen LogP contribution in [0.15, 0.2) is 29.0 Å². The van der Waals surface area contributed by atoms with Crippen LogP contribution in [-0.4, -0.2) is 42.4 Å². The number of nitrogens with zero attached hydrogens (tertiary/aromatic N) is 3. The molecule has 0 aliphatic heterocycles. The zero-order valence-electron chi connectivity index (χ0n) is 11.4. The molecule has 2 aromatic rings. The maximum absolute atomic E-state index is 6.27. The van der Waals surface area contributed by atoms with Crippen molar-refractivity contribution in [3.63, 3.8) is 0 Å². The van der Waals surface area contributed by atoms with Crippen molar-refractivity contribution in [1.82, 2.24) is 20.0 Å². The number of furan rings is 1. The molecule has 5 nitrogen and oxygen atoms in total. The predicted octanol–water partition coefficient (Wildman–Crippen LogP) is 2.00. The highest BCUT2D eigenvalue weighted by Gasteiger charge is 2.22. The summed E-state index contributed by atoms with van der Waals surface area (Å²) in [4.78, 5) is 2.11. The van der Waals surface area contributed by atoms with Crippen LogP contribution in [0.2, 0.25) is 5.02 Å². The molecule has 0 fully saturated rings. The Hall–Kier alpha value is -1.30. The Morgan fingerprint density at radius 2 is 2.32 bits per heavy atom. The van der Waals surface area contributed by atoms with Crippen LogP contribution in [-0.2, 0) is 6.54 Å². The van der Waals surface area contributed by atoms with Crippen LogP contribution in [0.3, 0.4) is 0 Å². The summed E-state index contributed by atoms with van der Waals surface area (Å²) in [5.41, 5.74) is 0.931. The molecule has 0 saturated heterocycles. The SMILES string of the molecule is CNC(c1ccco1)c1c(Cl)cnn1CCN(C)C. The zero-order valence-corrected chi connectivity index (χ0v) is 12.2. The van der Waals surface area contributed by atoms with Gasteiger partial charge in [-0.1, -0.05) is 11.6 Å². The first-order valence-electron chi connectivity index (χ1n) is 6.20. The molecule has 2 rings (SSSR count). The van der Waals surface area contributed by atoms with Crippen LogP contribution in [0, 0.1) is 0 Å². The fourth-order valence-electron chi connectivity index (χ4n) is 2.00. The Morgan fingerprint density at radius 1 is 1.53 bits per heavy atom. The van der Waals surface area contributed by atoms with Gasteiger partial charge in [-0.2, -0.15) is 5.10 Å². The van der Waals surface area contributed by atoms with E-state index in [0.717, 1.165) is 24.5 Å². The first-order chi connectivity index (χ1) is 9.13. The highest BCUT2D eigenvalue weighted by Crippen LogP contribution is 2.28. The van der Waals surface area contributed by atoms with Crippen molar-refractivity contribution in [2.24, 2.45) is 0 Å². The van der Waals surface area contributed by atoms with E-state index >= 15 is 0 Å². The average molecular weight is 283 g/mol. The second-order valence-corrected chi connectivity index (χ2v) is 5.05. The van der Waals surface area contributed by atoms with Crippen molar-refractivity contribution in [2.75, 3.05) is 27.7 Å². The summed E-state index contributed by atoms with van der Waals surface area (Å²) in [6.07, 6.45) is 3.34. The van der Waals surface area contributed by atoms with Gasteiger partial charge in [0, 0.05) is 6.54 Å². The summed E-state index contributed by atoms with van der Waals surface area (Å²) in [5.74, 6) is 0.830. The second-order valence-electron chi connectivity index (χ2n) is 4.64. The van der Waals surface area contributed by atoms with E-state index < -0.39 is 0 Å². The predicted molar refractivity (Wildman–Crippen MR) is 75.4 cm³/mol. The van der Waals surface area contributed by atoms with Gasteiger partial charge < -0.3 is 14.6 Å². The van der Waals surface area contributed by atoms with E-state index in [-0.39, 0.29) is 6.04 Å². The van der Waals surface area contributed by atoms with E-state index in [1.807, 2.05) is 38.0 Å². The molecule has 1 N–H and O–H groups in total. The molecule has 1 atom stereocenters. The van der Waals surface area contributed by atoms with E-state index in [9.17, 15) is 0 Å². The highest BCUT2D eigenvalue weighted by molar-refractivity contribution is 6.31. The van der Waals surface area contributed by atoms with E-state index in [1.54, 1.807) is 12.5 Å². The van der Waals surface area contributed by atoms with Crippen molar-refractivity contribution in [1.29, 1.82) is 0 Å². The molecule has 0 amide bonds. The summed E-state index contributed by atoms with van der Waals surface area (Å²) >= 11 is 6.27. The monoisotopic (exact) mass is 282 g/mol. The molecule has 0 aliphatic rings. The Labute approximate surface area is 118 Å². The topological polar surface area (TPSA) is 46.2 Å². The fraction of sp³-hybridized carbons (Fsp3) is 0.462. The smallest absolute Gasteiger partial charge is 0.126 e. The minimum Gasteiger partial charge on any atom is -0.467 e. The van der Waals surface area contributed by atoms with Crippen molar-refractivity contribution in [3.05, 3.63) is 41.1 Å². The molecule has 2 aromatic heterocycles. The Morgan fingerprint density at radius 3 is 2.89 bits per heavy atom. The number of hydrogen-bond donors (Lipinski definition) is 1. The van der Waals surface area contributed by atoms with Gasteiger partial charge in [0.2, 0.25) is 0 Å². The van der Waals surface area contributed by atoms with Crippen LogP contribution in [0.25, 0.3) is 0 Å². The van der Waals surface area contributed by atoms with Crippen LogP contribution < -0.4 is 5.32 Å². The minimum absolute atomic E-state index is 0.0906. The fourth-order valence-corrected chi connectivity index (χ4v) is 2.25. The van der Waals surface area contributed by atoms with Gasteiger partial charge in [0.1, 0.15) is 11.8 Å². The number of halogens is 1. The van der Waals surface area contributed by atoms with E-state index in [1.165, 1.54) is 0 Å². The Bertz CT molecular complexity index is 507. The number of aromatic nitrogens is 2. The summed E-state index contributed by atoms with van der Waals surface area (Å²) in [5, 5.41) is 8.21. The van der Waals surface area contributed by atoms with Crippen molar-refractivity contribution < 1.29 is 4.42 Å². The van der Waals surface area contributed by atoms with Crippen LogP contribution in [0.5, 0.6) is 0 Å². The molecule has 0 aliphatic carbocycles. The Kier molecular flexibility index (Phi) is 4.63. The lowest BCUT2D eigenvalue weighted by atomic mass is 10.1. The van der Waals surface area contributed by atoms with Gasteiger partial charge in [-0.3, -0.25) is 4.68 Å². The van der Waals surface area contributed by atoms with E-state index in [0.29, 0.717) is 5.02 Å². The van der Waals surface area contributed by atoms with Crippen molar-refractivity contribution in [2.45, 2.75) is 12.6 Å². The molecule has 0 bridgehead atoms. The molecule has 19 heavy (non-hydrogen) atoms. The van der Waals surface area contributed by atoms with Gasteiger partial charge in [0.15, 0.2) is 0 Å². The molecule has 1 unspecified atom stereocenters. The summed E-state index contributed by atoms with van der Waals surface area (Å²) < 4.78 is 7.40. The summed E-state index contributed by atoms with van der Waals surface area (Å²) in [6.45, 7) is 1.69. The molecule has 2 heterocycles. The molecule has 0 saturated carbocycles. The molecule has 6 heteroatoms. The molecule has 0 spiro atoms. The largest absolute Gasteiger partial charge is 0.467 e. The molecular weight excluding hydrogens is 264 g/mol. The van der Waals surface area contributed by atoms with Gasteiger partial charge in [-0.25, -0.2) is 0 Å². The van der Waals surface area contributed by atoms with Crippen molar-refractivity contribution >= 4 is 11.6 Å². The Balaban J connectivity index is 2.29. The first kappa shape index (κ1) is 14.1. The summed E-state index contributed by atoms with van der Waals surface area (Å²) in [7, 11) is 5.95. The highest BCUT2D eigenvalue weighted by atomic mass is 35.5.